The van der Waals surface area contributed by atoms with Crippen LogP contribution in [0.15, 0.2) is 18.2 Å². The summed E-state index contributed by atoms with van der Waals surface area (Å²) in [7, 11) is -3.38. The Morgan fingerprint density at radius 3 is 2.47 bits per heavy atom. The highest BCUT2D eigenvalue weighted by Gasteiger charge is 2.15. The first-order chi connectivity index (χ1) is 7.87. The van der Waals surface area contributed by atoms with Gasteiger partial charge in [0, 0.05) is 0 Å². The predicted molar refractivity (Wildman–Crippen MR) is 57.2 cm³/mol. The molecular weight excluding hydrogens is 252 g/mol. The van der Waals surface area contributed by atoms with Crippen molar-refractivity contribution in [3.05, 3.63) is 23.8 Å². The van der Waals surface area contributed by atoms with E-state index in [0.717, 1.165) is 0 Å². The Balaban J connectivity index is 3.10. The van der Waals surface area contributed by atoms with Gasteiger partial charge in [0.2, 0.25) is 0 Å². The van der Waals surface area contributed by atoms with Crippen molar-refractivity contribution in [1.29, 1.82) is 0 Å². The van der Waals surface area contributed by atoms with Crippen LogP contribution in [0.25, 0.3) is 0 Å². The third-order valence-corrected chi connectivity index (χ3v) is 2.33. The summed E-state index contributed by atoms with van der Waals surface area (Å²) in [5.41, 5.74) is 0.326. The Hall–Kier alpha value is -1.35. The van der Waals surface area contributed by atoms with E-state index in [9.17, 15) is 13.5 Å². The Morgan fingerprint density at radius 2 is 2.00 bits per heavy atom. The van der Waals surface area contributed by atoms with Crippen molar-refractivity contribution in [2.75, 3.05) is 13.7 Å². The van der Waals surface area contributed by atoms with E-state index in [1.54, 1.807) is 0 Å². The fourth-order valence-corrected chi connectivity index (χ4v) is 1.54. The van der Waals surface area contributed by atoms with E-state index in [4.69, 9.17) is 14.4 Å². The van der Waals surface area contributed by atoms with Crippen LogP contribution in [-0.4, -0.2) is 36.9 Å². The first kappa shape index (κ1) is 13.7. The van der Waals surface area contributed by atoms with Crippen molar-refractivity contribution < 1.29 is 32.1 Å². The van der Waals surface area contributed by atoms with Gasteiger partial charge in [-0.3, -0.25) is 4.55 Å². The summed E-state index contributed by atoms with van der Waals surface area (Å²) in [6, 6.07) is 3.83. The molecule has 0 unspecified atom stereocenters. The lowest BCUT2D eigenvalue weighted by Crippen LogP contribution is -2.08. The van der Waals surface area contributed by atoms with Crippen LogP contribution in [0.1, 0.15) is 11.7 Å². The molecule has 1 aromatic carbocycles. The van der Waals surface area contributed by atoms with Crippen LogP contribution in [0, 0.1) is 0 Å². The largest absolute Gasteiger partial charge is 0.493 e. The molecule has 0 spiro atoms. The highest BCUT2D eigenvalue weighted by molar-refractivity contribution is 7.81. The van der Waals surface area contributed by atoms with Gasteiger partial charge in [0.15, 0.2) is 11.5 Å². The second kappa shape index (κ2) is 5.32. The number of hydrogen-bond donors (Lipinski definition) is 3. The maximum atomic E-state index is 10.5. The summed E-state index contributed by atoms with van der Waals surface area (Å²) in [6.45, 7) is -0.484. The molecule has 8 heteroatoms. The van der Waals surface area contributed by atoms with Gasteiger partial charge in [0.1, 0.15) is 6.10 Å². The Bertz CT molecular complexity index is 482. The van der Waals surface area contributed by atoms with E-state index < -0.39 is 23.1 Å². The molecule has 96 valence electrons. The number of benzene rings is 1. The molecule has 1 atom stereocenters. The normalized spacial score (nSPS) is 13.2. The lowest BCUT2D eigenvalue weighted by Gasteiger charge is -2.12. The summed E-state index contributed by atoms with van der Waals surface area (Å²) < 4.78 is 38.7. The SMILES string of the molecule is COc1cc([C@@H](O)CO)ccc1OS(=O)(=O)O. The van der Waals surface area contributed by atoms with Crippen molar-refractivity contribution in [3.63, 3.8) is 0 Å². The van der Waals surface area contributed by atoms with E-state index in [-0.39, 0.29) is 11.5 Å². The summed E-state index contributed by atoms with van der Waals surface area (Å²) >= 11 is 0. The number of rotatable bonds is 5. The molecule has 0 heterocycles. The fourth-order valence-electron chi connectivity index (χ4n) is 1.18. The Morgan fingerprint density at radius 1 is 1.35 bits per heavy atom. The predicted octanol–water partition coefficient (Wildman–Crippen LogP) is -0.0975. The van der Waals surface area contributed by atoms with Crippen molar-refractivity contribution in [2.24, 2.45) is 0 Å². The van der Waals surface area contributed by atoms with Gasteiger partial charge in [0.05, 0.1) is 13.7 Å². The maximum Gasteiger partial charge on any atom is 0.446 e. The van der Waals surface area contributed by atoms with Crippen LogP contribution < -0.4 is 8.92 Å². The maximum absolute atomic E-state index is 10.5. The minimum atomic E-state index is -4.64. The first-order valence-electron chi connectivity index (χ1n) is 4.51. The highest BCUT2D eigenvalue weighted by atomic mass is 32.3. The summed E-state index contributed by atoms with van der Waals surface area (Å²) in [6.07, 6.45) is -1.11. The topological polar surface area (TPSA) is 113 Å². The molecule has 17 heavy (non-hydrogen) atoms. The quantitative estimate of drug-likeness (QED) is 0.636. The monoisotopic (exact) mass is 264 g/mol. The Labute approximate surface area is 98.2 Å². The van der Waals surface area contributed by atoms with E-state index in [1.165, 1.54) is 25.3 Å². The minimum Gasteiger partial charge on any atom is -0.493 e. The van der Waals surface area contributed by atoms with Gasteiger partial charge < -0.3 is 19.1 Å². The van der Waals surface area contributed by atoms with E-state index >= 15 is 0 Å². The number of methoxy groups -OCH3 is 1. The minimum absolute atomic E-state index is 0.00706. The molecule has 0 amide bonds. The second-order valence-corrected chi connectivity index (χ2v) is 4.14. The lowest BCUT2D eigenvalue weighted by molar-refractivity contribution is 0.0954. The summed E-state index contributed by atoms with van der Waals surface area (Å²) in [4.78, 5) is 0. The standard InChI is InChI=1S/C9H12O7S/c1-15-9-4-6(7(11)5-10)2-3-8(9)16-17(12,13)14/h2-4,7,10-11H,5H2,1H3,(H,12,13,14)/t7-/m0/s1. The van der Waals surface area contributed by atoms with Crippen molar-refractivity contribution in [3.8, 4) is 11.5 Å². The fraction of sp³-hybridized carbons (Fsp3) is 0.333. The molecule has 0 aliphatic carbocycles. The number of aliphatic hydroxyl groups excluding tert-OH is 2. The highest BCUT2D eigenvalue weighted by Crippen LogP contribution is 2.31. The molecule has 0 aliphatic heterocycles. The van der Waals surface area contributed by atoms with E-state index in [1.807, 2.05) is 0 Å². The molecule has 0 saturated heterocycles. The molecule has 0 aliphatic rings. The molecule has 0 fully saturated rings. The second-order valence-electron chi connectivity index (χ2n) is 3.12. The zero-order valence-electron chi connectivity index (χ0n) is 8.90. The van der Waals surface area contributed by atoms with Gasteiger partial charge in [-0.1, -0.05) is 6.07 Å². The van der Waals surface area contributed by atoms with Gasteiger partial charge in [0.25, 0.3) is 0 Å². The number of hydrogen-bond acceptors (Lipinski definition) is 6. The molecule has 0 radical (unpaired) electrons. The molecule has 0 bridgehead atoms. The van der Waals surface area contributed by atoms with Crippen LogP contribution in [0.3, 0.4) is 0 Å². The van der Waals surface area contributed by atoms with Crippen molar-refractivity contribution >= 4 is 10.4 Å². The number of aliphatic hydroxyl groups is 2. The van der Waals surface area contributed by atoms with Crippen LogP contribution in [0.2, 0.25) is 0 Å². The summed E-state index contributed by atoms with van der Waals surface area (Å²) in [5, 5.41) is 18.1. The van der Waals surface area contributed by atoms with E-state index in [0.29, 0.717) is 5.56 Å². The van der Waals surface area contributed by atoms with Crippen LogP contribution in [-0.2, 0) is 10.4 Å². The first-order valence-corrected chi connectivity index (χ1v) is 5.87. The van der Waals surface area contributed by atoms with Crippen LogP contribution in [0.4, 0.5) is 0 Å². The molecular formula is C9H12O7S. The van der Waals surface area contributed by atoms with Crippen LogP contribution in [0.5, 0.6) is 11.5 Å². The van der Waals surface area contributed by atoms with Crippen LogP contribution >= 0.6 is 0 Å². The van der Waals surface area contributed by atoms with Crippen molar-refractivity contribution in [1.82, 2.24) is 0 Å². The smallest absolute Gasteiger partial charge is 0.446 e. The zero-order valence-corrected chi connectivity index (χ0v) is 9.72. The van der Waals surface area contributed by atoms with Gasteiger partial charge in [-0.2, -0.15) is 8.42 Å². The third kappa shape index (κ3) is 3.86. The van der Waals surface area contributed by atoms with E-state index in [2.05, 4.69) is 4.18 Å². The molecule has 0 saturated carbocycles. The Kier molecular flexibility index (Phi) is 4.29. The van der Waals surface area contributed by atoms with Gasteiger partial charge in [-0.05, 0) is 17.7 Å². The molecule has 1 rings (SSSR count). The lowest BCUT2D eigenvalue weighted by atomic mass is 10.1. The zero-order chi connectivity index (χ0) is 13.1. The molecule has 0 aromatic heterocycles. The molecule has 7 nitrogen and oxygen atoms in total. The average Bonchev–Trinajstić information content (AvgIpc) is 2.26. The summed E-state index contributed by atoms with van der Waals surface area (Å²) in [5.74, 6) is -0.212. The molecule has 1 aromatic rings. The van der Waals surface area contributed by atoms with Gasteiger partial charge in [-0.15, -0.1) is 0 Å². The number of ether oxygens (including phenoxy) is 1. The average molecular weight is 264 g/mol. The molecule has 3 N–H and O–H groups in total. The van der Waals surface area contributed by atoms with Gasteiger partial charge >= 0.3 is 10.4 Å². The van der Waals surface area contributed by atoms with Crippen molar-refractivity contribution in [2.45, 2.75) is 6.10 Å². The third-order valence-electron chi connectivity index (χ3n) is 1.94. The van der Waals surface area contributed by atoms with Gasteiger partial charge in [-0.25, -0.2) is 0 Å².